The number of halogens is 2. The number of hydrogen-bond acceptors (Lipinski definition) is 8. The zero-order valence-corrected chi connectivity index (χ0v) is 22.7. The van der Waals surface area contributed by atoms with Crippen LogP contribution >= 0.6 is 23.1 Å². The van der Waals surface area contributed by atoms with Gasteiger partial charge in [-0.05, 0) is 67.4 Å². The molecule has 39 heavy (non-hydrogen) atoms. The molecule has 0 unspecified atom stereocenters. The smallest absolute Gasteiger partial charge is 0.387 e. The summed E-state index contributed by atoms with van der Waals surface area (Å²) in [6, 6.07) is 12.9. The molecule has 0 fully saturated rings. The van der Waals surface area contributed by atoms with E-state index in [0.717, 1.165) is 16.0 Å². The minimum atomic E-state index is -2.96. The summed E-state index contributed by atoms with van der Waals surface area (Å²) in [5.41, 5.74) is 2.06. The summed E-state index contributed by atoms with van der Waals surface area (Å²) < 4.78 is 34.8. The topological polar surface area (TPSA) is 96.9 Å². The number of fused-ring (bicyclic) bond motifs is 1. The number of carbonyl (C=O) groups excluding carboxylic acids is 1. The van der Waals surface area contributed by atoms with Gasteiger partial charge in [-0.3, -0.25) is 14.5 Å². The van der Waals surface area contributed by atoms with Crippen LogP contribution in [0.4, 0.5) is 14.5 Å². The molecule has 4 aromatic rings. The molecule has 1 aliphatic rings. The van der Waals surface area contributed by atoms with Crippen LogP contribution in [0.5, 0.6) is 11.5 Å². The number of nitrogens with one attached hydrogen (secondary N) is 1. The van der Waals surface area contributed by atoms with Gasteiger partial charge in [-0.25, -0.2) is 9.98 Å². The SMILES string of the molecule is COc1ccc(/C=C2\N=C(SCc3nc4sc(C)c(C)c4c(=O)[nH]3)N(c3ccc(OC(F)F)cc3)C2=O)cc1. The van der Waals surface area contributed by atoms with Crippen molar-refractivity contribution in [3.05, 3.63) is 86.4 Å². The number of nitrogens with zero attached hydrogens (tertiary/aromatic N) is 3. The van der Waals surface area contributed by atoms with Crippen LogP contribution < -0.4 is 19.9 Å². The number of rotatable bonds is 7. The average Bonchev–Trinajstić information content (AvgIpc) is 3.38. The van der Waals surface area contributed by atoms with E-state index < -0.39 is 12.5 Å². The highest BCUT2D eigenvalue weighted by Crippen LogP contribution is 2.32. The number of thiophene rings is 1. The minimum absolute atomic E-state index is 0.0304. The number of carbonyl (C=O) groups is 1. The van der Waals surface area contributed by atoms with E-state index in [4.69, 9.17) is 4.74 Å². The van der Waals surface area contributed by atoms with Crippen molar-refractivity contribution in [1.29, 1.82) is 0 Å². The van der Waals surface area contributed by atoms with Gasteiger partial charge >= 0.3 is 6.61 Å². The van der Waals surface area contributed by atoms with Crippen LogP contribution in [-0.4, -0.2) is 34.8 Å². The van der Waals surface area contributed by atoms with Gasteiger partial charge in [-0.15, -0.1) is 11.3 Å². The Bertz CT molecular complexity index is 1660. The van der Waals surface area contributed by atoms with E-state index in [1.54, 1.807) is 37.5 Å². The molecule has 5 rings (SSSR count). The van der Waals surface area contributed by atoms with E-state index in [9.17, 15) is 18.4 Å². The fourth-order valence-electron chi connectivity index (χ4n) is 3.96. The Labute approximate surface area is 230 Å². The molecule has 1 aliphatic heterocycles. The summed E-state index contributed by atoms with van der Waals surface area (Å²) in [6.45, 7) is 0.879. The van der Waals surface area contributed by atoms with Crippen LogP contribution in [0.3, 0.4) is 0 Å². The number of ether oxygens (including phenoxy) is 2. The largest absolute Gasteiger partial charge is 0.497 e. The highest BCUT2D eigenvalue weighted by molar-refractivity contribution is 8.13. The number of benzene rings is 2. The number of aryl methyl sites for hydroxylation is 2. The van der Waals surface area contributed by atoms with Crippen molar-refractivity contribution in [3.63, 3.8) is 0 Å². The summed E-state index contributed by atoms with van der Waals surface area (Å²) >= 11 is 2.68. The molecule has 8 nitrogen and oxygen atoms in total. The molecular weight excluding hydrogens is 546 g/mol. The summed E-state index contributed by atoms with van der Waals surface area (Å²) in [4.78, 5) is 41.2. The van der Waals surface area contributed by atoms with Gasteiger partial charge in [0.15, 0.2) is 5.17 Å². The molecule has 2 aromatic heterocycles. The molecule has 1 N–H and O–H groups in total. The van der Waals surface area contributed by atoms with Crippen molar-refractivity contribution < 1.29 is 23.0 Å². The third-order valence-electron chi connectivity index (χ3n) is 5.99. The van der Waals surface area contributed by atoms with E-state index in [1.165, 1.54) is 52.3 Å². The maximum Gasteiger partial charge on any atom is 0.387 e. The molecule has 0 bridgehead atoms. The number of hydrogen-bond donors (Lipinski definition) is 1. The van der Waals surface area contributed by atoms with Gasteiger partial charge in [0.2, 0.25) is 0 Å². The van der Waals surface area contributed by atoms with Crippen molar-refractivity contribution in [1.82, 2.24) is 9.97 Å². The zero-order chi connectivity index (χ0) is 27.7. The summed E-state index contributed by atoms with van der Waals surface area (Å²) in [5.74, 6) is 0.945. The summed E-state index contributed by atoms with van der Waals surface area (Å²) in [7, 11) is 1.57. The first-order valence-corrected chi connectivity index (χ1v) is 13.5. The Morgan fingerprint density at radius 2 is 1.77 bits per heavy atom. The Hall–Kier alpha value is -4.03. The maximum atomic E-state index is 13.5. The van der Waals surface area contributed by atoms with Crippen molar-refractivity contribution >= 4 is 56.2 Å². The van der Waals surface area contributed by atoms with Crippen molar-refractivity contribution in [2.45, 2.75) is 26.2 Å². The molecule has 0 saturated heterocycles. The number of aliphatic imine (C=N–C) groups is 1. The number of amides is 1. The first-order valence-electron chi connectivity index (χ1n) is 11.7. The second kappa shape index (κ2) is 11.0. The Balaban J connectivity index is 1.46. The fraction of sp³-hybridized carbons (Fsp3) is 0.185. The molecule has 2 aromatic carbocycles. The van der Waals surface area contributed by atoms with Crippen molar-refractivity contribution in [2.24, 2.45) is 4.99 Å². The quantitative estimate of drug-likeness (QED) is 0.280. The van der Waals surface area contributed by atoms with Crippen LogP contribution in [-0.2, 0) is 10.5 Å². The molecule has 0 spiro atoms. The van der Waals surface area contributed by atoms with E-state index in [-0.39, 0.29) is 22.8 Å². The molecular formula is C27H22F2N4O4S2. The van der Waals surface area contributed by atoms with Crippen LogP contribution in [0.15, 0.2) is 64.0 Å². The predicted molar refractivity (Wildman–Crippen MR) is 150 cm³/mol. The van der Waals surface area contributed by atoms with E-state index in [1.807, 2.05) is 13.8 Å². The number of anilines is 1. The molecule has 12 heteroatoms. The molecule has 0 aliphatic carbocycles. The van der Waals surface area contributed by atoms with Gasteiger partial charge in [-0.2, -0.15) is 8.78 Å². The predicted octanol–water partition coefficient (Wildman–Crippen LogP) is 5.89. The van der Waals surface area contributed by atoms with Gasteiger partial charge in [0.25, 0.3) is 11.5 Å². The van der Waals surface area contributed by atoms with Crippen LogP contribution in [0.1, 0.15) is 21.8 Å². The van der Waals surface area contributed by atoms with Gasteiger partial charge in [0.05, 0.1) is 23.9 Å². The number of aromatic amines is 1. The second-order valence-corrected chi connectivity index (χ2v) is 10.6. The van der Waals surface area contributed by atoms with Crippen LogP contribution in [0.2, 0.25) is 0 Å². The van der Waals surface area contributed by atoms with Crippen LogP contribution in [0.25, 0.3) is 16.3 Å². The number of thioether (sulfide) groups is 1. The molecule has 1 amide bonds. The third kappa shape index (κ3) is 5.57. The van der Waals surface area contributed by atoms with Gasteiger partial charge < -0.3 is 14.5 Å². The van der Waals surface area contributed by atoms with E-state index >= 15 is 0 Å². The lowest BCUT2D eigenvalue weighted by Gasteiger charge is -2.18. The first kappa shape index (κ1) is 26.6. The number of methoxy groups -OCH3 is 1. The Morgan fingerprint density at radius 1 is 1.08 bits per heavy atom. The van der Waals surface area contributed by atoms with Gasteiger partial charge in [0, 0.05) is 4.88 Å². The maximum absolute atomic E-state index is 13.5. The number of alkyl halides is 2. The van der Waals surface area contributed by atoms with E-state index in [0.29, 0.717) is 32.6 Å². The van der Waals surface area contributed by atoms with Crippen LogP contribution in [0, 0.1) is 13.8 Å². The fourth-order valence-corrected chi connectivity index (χ4v) is 5.89. The first-order chi connectivity index (χ1) is 18.7. The lowest BCUT2D eigenvalue weighted by Crippen LogP contribution is -2.30. The molecule has 3 heterocycles. The van der Waals surface area contributed by atoms with Gasteiger partial charge in [-0.1, -0.05) is 23.9 Å². The Morgan fingerprint density at radius 3 is 2.44 bits per heavy atom. The van der Waals surface area contributed by atoms with Crippen molar-refractivity contribution in [2.75, 3.05) is 12.0 Å². The lowest BCUT2D eigenvalue weighted by molar-refractivity contribution is -0.113. The third-order valence-corrected chi connectivity index (χ3v) is 8.05. The van der Waals surface area contributed by atoms with Gasteiger partial charge in [0.1, 0.15) is 27.9 Å². The monoisotopic (exact) mass is 568 g/mol. The normalized spacial score (nSPS) is 14.5. The molecule has 0 saturated carbocycles. The van der Waals surface area contributed by atoms with Crippen molar-refractivity contribution in [3.8, 4) is 11.5 Å². The summed E-state index contributed by atoms with van der Waals surface area (Å²) in [6.07, 6.45) is 1.65. The highest BCUT2D eigenvalue weighted by Gasteiger charge is 2.32. The summed E-state index contributed by atoms with van der Waals surface area (Å²) in [5, 5.41) is 0.931. The number of amidine groups is 1. The molecule has 0 radical (unpaired) electrons. The average molecular weight is 569 g/mol. The second-order valence-electron chi connectivity index (χ2n) is 8.47. The Kier molecular flexibility index (Phi) is 7.49. The highest BCUT2D eigenvalue weighted by atomic mass is 32.2. The standard InChI is InChI=1S/C27H22F2N4O4S2/c1-14-15(2)39-24-22(14)23(34)31-21(32-24)13-38-27-30-20(12-16-4-8-18(36-3)9-5-16)25(35)33(27)17-6-10-19(11-7-17)37-26(28)29/h4-12,26H,13H2,1-3H3,(H,31,32,34)/b20-12-. The zero-order valence-electron chi connectivity index (χ0n) is 21.0. The molecule has 0 atom stereocenters. The minimum Gasteiger partial charge on any atom is -0.497 e. The number of H-pyrrole nitrogens is 1. The van der Waals surface area contributed by atoms with E-state index in [2.05, 4.69) is 19.7 Å². The number of aromatic nitrogens is 2. The molecule has 200 valence electrons. The lowest BCUT2D eigenvalue weighted by atomic mass is 10.2.